The molecule has 0 fully saturated rings. The predicted molar refractivity (Wildman–Crippen MR) is 84.8 cm³/mol. The zero-order chi connectivity index (χ0) is 14.7. The Balaban J connectivity index is 2.27. The number of hydrogen-bond donors (Lipinski definition) is 1. The highest BCUT2D eigenvalue weighted by atomic mass is 35.5. The minimum Gasteiger partial charge on any atom is -0.313 e. The molecular weight excluding hydrogens is 270 g/mol. The van der Waals surface area contributed by atoms with Crippen molar-refractivity contribution in [1.29, 1.82) is 0 Å². The Morgan fingerprint density at radius 3 is 2.55 bits per heavy atom. The first-order chi connectivity index (χ1) is 9.54. The molecule has 0 atom stereocenters. The molecule has 0 aliphatic carbocycles. The molecule has 0 unspecified atom stereocenters. The summed E-state index contributed by atoms with van der Waals surface area (Å²) in [7, 11) is 0. The largest absolute Gasteiger partial charge is 0.313 e. The van der Waals surface area contributed by atoms with Gasteiger partial charge in [0.2, 0.25) is 0 Å². The molecule has 0 amide bonds. The van der Waals surface area contributed by atoms with E-state index in [0.29, 0.717) is 0 Å². The van der Waals surface area contributed by atoms with Crippen LogP contribution in [0, 0.1) is 20.8 Å². The van der Waals surface area contributed by atoms with Crippen molar-refractivity contribution in [3.63, 3.8) is 0 Å². The molecular formula is C16H22ClN3. The van der Waals surface area contributed by atoms with Gasteiger partial charge in [0.25, 0.3) is 0 Å². The van der Waals surface area contributed by atoms with Crippen LogP contribution in [0.4, 0.5) is 0 Å². The topological polar surface area (TPSA) is 29.9 Å². The van der Waals surface area contributed by atoms with Gasteiger partial charge in [0, 0.05) is 6.54 Å². The van der Waals surface area contributed by atoms with Gasteiger partial charge in [0.15, 0.2) is 0 Å². The van der Waals surface area contributed by atoms with Gasteiger partial charge in [0.1, 0.15) is 0 Å². The van der Waals surface area contributed by atoms with E-state index in [9.17, 15) is 0 Å². The van der Waals surface area contributed by atoms with Crippen LogP contribution in [-0.4, -0.2) is 16.3 Å². The van der Waals surface area contributed by atoms with Crippen molar-refractivity contribution in [3.05, 3.63) is 45.7 Å². The first kappa shape index (κ1) is 15.1. The molecule has 0 aliphatic rings. The summed E-state index contributed by atoms with van der Waals surface area (Å²) in [6.07, 6.45) is 1.15. The van der Waals surface area contributed by atoms with E-state index in [1.165, 1.54) is 11.1 Å². The normalized spacial score (nSPS) is 11.1. The Morgan fingerprint density at radius 2 is 2.00 bits per heavy atom. The lowest BCUT2D eigenvalue weighted by Crippen LogP contribution is -2.14. The summed E-state index contributed by atoms with van der Waals surface area (Å²) in [5.74, 6) is 0. The summed E-state index contributed by atoms with van der Waals surface area (Å²) in [5, 5.41) is 8.68. The number of halogens is 1. The average Bonchev–Trinajstić information content (AvgIpc) is 2.67. The molecule has 108 valence electrons. The Morgan fingerprint density at radius 1 is 1.25 bits per heavy atom. The smallest absolute Gasteiger partial charge is 0.0848 e. The van der Waals surface area contributed by atoms with Gasteiger partial charge in [-0.3, -0.25) is 0 Å². The van der Waals surface area contributed by atoms with Crippen LogP contribution in [0.1, 0.15) is 35.9 Å². The van der Waals surface area contributed by atoms with Crippen LogP contribution in [0.2, 0.25) is 5.02 Å². The van der Waals surface area contributed by atoms with Crippen LogP contribution in [-0.2, 0) is 6.54 Å². The summed E-state index contributed by atoms with van der Waals surface area (Å²) in [6, 6.07) is 6.48. The molecule has 0 bridgehead atoms. The summed E-state index contributed by atoms with van der Waals surface area (Å²) in [4.78, 5) is 0. The van der Waals surface area contributed by atoms with E-state index in [1.54, 1.807) is 0 Å². The third kappa shape index (κ3) is 3.05. The molecule has 1 heterocycles. The number of benzene rings is 1. The summed E-state index contributed by atoms with van der Waals surface area (Å²) >= 11 is 6.22. The zero-order valence-electron chi connectivity index (χ0n) is 12.6. The van der Waals surface area contributed by atoms with Crippen molar-refractivity contribution >= 4 is 11.6 Å². The summed E-state index contributed by atoms with van der Waals surface area (Å²) in [6.45, 7) is 10.2. The Kier molecular flexibility index (Phi) is 4.84. The number of nitrogens with zero attached hydrogens (tertiary/aromatic N) is 2. The van der Waals surface area contributed by atoms with Crippen molar-refractivity contribution in [1.82, 2.24) is 15.1 Å². The second-order valence-electron chi connectivity index (χ2n) is 5.19. The fraction of sp³-hybridized carbons (Fsp3) is 0.438. The van der Waals surface area contributed by atoms with E-state index >= 15 is 0 Å². The first-order valence-electron chi connectivity index (χ1n) is 7.07. The van der Waals surface area contributed by atoms with E-state index in [-0.39, 0.29) is 0 Å². The van der Waals surface area contributed by atoms with Crippen LogP contribution in [0.5, 0.6) is 0 Å². The van der Waals surface area contributed by atoms with E-state index in [2.05, 4.69) is 42.5 Å². The predicted octanol–water partition coefficient (Wildman–Crippen LogP) is 3.95. The Labute approximate surface area is 126 Å². The minimum absolute atomic E-state index is 0.748. The second-order valence-corrected chi connectivity index (χ2v) is 5.57. The van der Waals surface area contributed by atoms with Crippen LogP contribution in [0.3, 0.4) is 0 Å². The Bertz CT molecular complexity index is 602. The van der Waals surface area contributed by atoms with Crippen molar-refractivity contribution < 1.29 is 0 Å². The molecule has 4 heteroatoms. The lowest BCUT2D eigenvalue weighted by Gasteiger charge is -2.11. The van der Waals surface area contributed by atoms with Gasteiger partial charge in [-0.05, 0) is 50.9 Å². The minimum atomic E-state index is 0.748. The molecule has 0 radical (unpaired) electrons. The van der Waals surface area contributed by atoms with Gasteiger partial charge in [0.05, 0.1) is 22.1 Å². The lowest BCUT2D eigenvalue weighted by molar-refractivity contribution is 0.675. The van der Waals surface area contributed by atoms with Gasteiger partial charge < -0.3 is 5.32 Å². The average molecular weight is 292 g/mol. The number of aryl methyl sites for hydroxylation is 2. The van der Waals surface area contributed by atoms with E-state index < -0.39 is 0 Å². The molecule has 3 nitrogen and oxygen atoms in total. The lowest BCUT2D eigenvalue weighted by atomic mass is 10.1. The van der Waals surface area contributed by atoms with E-state index in [1.807, 2.05) is 18.5 Å². The van der Waals surface area contributed by atoms with Crippen LogP contribution < -0.4 is 5.32 Å². The molecule has 0 saturated heterocycles. The molecule has 2 rings (SSSR count). The molecule has 0 spiro atoms. The monoisotopic (exact) mass is 291 g/mol. The maximum atomic E-state index is 6.22. The molecule has 20 heavy (non-hydrogen) atoms. The molecule has 2 aromatic rings. The van der Waals surface area contributed by atoms with E-state index in [4.69, 9.17) is 11.6 Å². The first-order valence-corrected chi connectivity index (χ1v) is 7.44. The summed E-state index contributed by atoms with van der Waals surface area (Å²) in [5.41, 5.74) is 5.47. The highest BCUT2D eigenvalue weighted by Gasteiger charge is 2.12. The van der Waals surface area contributed by atoms with Gasteiger partial charge in [-0.1, -0.05) is 30.7 Å². The Hall–Kier alpha value is -1.32. The van der Waals surface area contributed by atoms with Crippen molar-refractivity contribution in [2.45, 2.75) is 40.7 Å². The van der Waals surface area contributed by atoms with Crippen LogP contribution in [0.25, 0.3) is 5.69 Å². The molecule has 1 aromatic heterocycles. The number of aromatic nitrogens is 2. The van der Waals surface area contributed by atoms with Crippen molar-refractivity contribution in [3.8, 4) is 5.69 Å². The summed E-state index contributed by atoms with van der Waals surface area (Å²) < 4.78 is 1.93. The van der Waals surface area contributed by atoms with Crippen molar-refractivity contribution in [2.24, 2.45) is 0 Å². The highest BCUT2D eigenvalue weighted by molar-refractivity contribution is 6.31. The molecule has 0 saturated carbocycles. The third-order valence-electron chi connectivity index (χ3n) is 3.45. The maximum Gasteiger partial charge on any atom is 0.0848 e. The number of rotatable bonds is 5. The molecule has 0 aliphatic heterocycles. The molecule has 1 N–H and O–H groups in total. The highest BCUT2D eigenvalue weighted by Crippen LogP contribution is 2.24. The second kappa shape index (κ2) is 6.42. The number of nitrogens with one attached hydrogen (secondary N) is 1. The standard InChI is InChI=1S/C16H22ClN3/c1-5-8-18-10-14-6-7-15(11(2)9-14)20-13(4)16(17)12(3)19-20/h6-7,9,18H,5,8,10H2,1-4H3. The maximum absolute atomic E-state index is 6.22. The zero-order valence-corrected chi connectivity index (χ0v) is 13.4. The number of hydrogen-bond acceptors (Lipinski definition) is 2. The fourth-order valence-corrected chi connectivity index (χ4v) is 2.45. The van der Waals surface area contributed by atoms with Crippen LogP contribution >= 0.6 is 11.6 Å². The van der Waals surface area contributed by atoms with Crippen molar-refractivity contribution in [2.75, 3.05) is 6.54 Å². The SMILES string of the molecule is CCCNCc1ccc(-n2nc(C)c(Cl)c2C)c(C)c1. The fourth-order valence-electron chi connectivity index (χ4n) is 2.33. The van der Waals surface area contributed by atoms with E-state index in [0.717, 1.165) is 41.6 Å². The quantitative estimate of drug-likeness (QED) is 0.845. The third-order valence-corrected chi connectivity index (χ3v) is 4.00. The van der Waals surface area contributed by atoms with Gasteiger partial charge >= 0.3 is 0 Å². The van der Waals surface area contributed by atoms with Gasteiger partial charge in [-0.15, -0.1) is 0 Å². The van der Waals surface area contributed by atoms with Gasteiger partial charge in [-0.2, -0.15) is 5.10 Å². The van der Waals surface area contributed by atoms with Crippen LogP contribution in [0.15, 0.2) is 18.2 Å². The van der Waals surface area contributed by atoms with Gasteiger partial charge in [-0.25, -0.2) is 4.68 Å². The molecule has 1 aromatic carbocycles.